The summed E-state index contributed by atoms with van der Waals surface area (Å²) in [4.78, 5) is 21.5. The van der Waals surface area contributed by atoms with Gasteiger partial charge >= 0.3 is 0 Å². The lowest BCUT2D eigenvalue weighted by Gasteiger charge is -2.06. The van der Waals surface area contributed by atoms with Gasteiger partial charge in [0.1, 0.15) is 16.9 Å². The normalized spacial score (nSPS) is 11.6. The summed E-state index contributed by atoms with van der Waals surface area (Å²) in [5.74, 6) is 0.383. The third-order valence-electron chi connectivity index (χ3n) is 3.98. The Hall–Kier alpha value is -3.16. The van der Waals surface area contributed by atoms with E-state index in [1.165, 1.54) is 11.3 Å². The molecule has 4 rings (SSSR count). The predicted molar refractivity (Wildman–Crippen MR) is 114 cm³/mol. The topological polar surface area (TPSA) is 76.7 Å². The number of carbonyl (C=O) groups is 1. The van der Waals surface area contributed by atoms with E-state index in [1.54, 1.807) is 48.0 Å². The lowest BCUT2D eigenvalue weighted by Crippen LogP contribution is -2.21. The Morgan fingerprint density at radius 1 is 1.24 bits per heavy atom. The maximum Gasteiger partial charge on any atom is 0.262 e. The van der Waals surface area contributed by atoms with Gasteiger partial charge in [-0.25, -0.2) is 9.98 Å². The van der Waals surface area contributed by atoms with Crippen molar-refractivity contribution in [1.29, 1.82) is 0 Å². The highest BCUT2D eigenvalue weighted by molar-refractivity contribution is 7.13. The van der Waals surface area contributed by atoms with E-state index < -0.39 is 0 Å². The number of aromatic nitrogens is 1. The molecule has 0 saturated carbocycles. The number of benzene rings is 2. The Balaban J connectivity index is 1.81. The van der Waals surface area contributed by atoms with E-state index in [0.29, 0.717) is 33.4 Å². The van der Waals surface area contributed by atoms with Crippen molar-refractivity contribution >= 4 is 50.6 Å². The van der Waals surface area contributed by atoms with Crippen LogP contribution in [0.3, 0.4) is 0 Å². The van der Waals surface area contributed by atoms with Crippen LogP contribution in [-0.2, 0) is 0 Å². The fraction of sp³-hybridized carbons (Fsp3) is 0.0952. The van der Waals surface area contributed by atoms with Gasteiger partial charge in [0.15, 0.2) is 5.13 Å². The summed E-state index contributed by atoms with van der Waals surface area (Å²) >= 11 is 7.42. The van der Waals surface area contributed by atoms with Crippen molar-refractivity contribution in [3.8, 4) is 5.75 Å². The molecule has 2 heterocycles. The number of rotatable bonds is 5. The van der Waals surface area contributed by atoms with Gasteiger partial charge in [-0.15, -0.1) is 11.3 Å². The summed E-state index contributed by atoms with van der Waals surface area (Å²) in [6, 6.07) is 14.2. The van der Waals surface area contributed by atoms with Crippen LogP contribution in [0.1, 0.15) is 17.3 Å². The molecule has 6 nitrogen and oxygen atoms in total. The number of nitrogens with one attached hydrogen (secondary N) is 1. The molecule has 0 saturated heterocycles. The molecule has 0 aliphatic rings. The van der Waals surface area contributed by atoms with E-state index in [0.717, 1.165) is 5.75 Å². The highest BCUT2D eigenvalue weighted by Crippen LogP contribution is 2.21. The smallest absolute Gasteiger partial charge is 0.262 e. The van der Waals surface area contributed by atoms with Crippen LogP contribution < -0.4 is 15.6 Å². The largest absolute Gasteiger partial charge is 0.494 e. The van der Waals surface area contributed by atoms with Crippen molar-refractivity contribution in [2.75, 3.05) is 11.9 Å². The van der Waals surface area contributed by atoms with Crippen molar-refractivity contribution in [3.05, 3.63) is 76.2 Å². The number of nitrogens with zero attached hydrogens (tertiary/aromatic N) is 2. The number of halogens is 1. The Bertz CT molecular complexity index is 1220. The van der Waals surface area contributed by atoms with Crippen molar-refractivity contribution in [1.82, 2.24) is 4.98 Å². The van der Waals surface area contributed by atoms with E-state index in [1.807, 2.05) is 19.1 Å². The monoisotopic (exact) mass is 425 g/mol. The van der Waals surface area contributed by atoms with Gasteiger partial charge in [0.2, 0.25) is 5.55 Å². The van der Waals surface area contributed by atoms with Crippen LogP contribution >= 0.6 is 22.9 Å². The molecule has 0 aliphatic carbocycles. The molecule has 0 atom stereocenters. The first kappa shape index (κ1) is 19.2. The molecule has 0 spiro atoms. The van der Waals surface area contributed by atoms with E-state index >= 15 is 0 Å². The summed E-state index contributed by atoms with van der Waals surface area (Å²) in [5, 5.41) is 6.29. The quantitative estimate of drug-likeness (QED) is 0.462. The Kier molecular flexibility index (Phi) is 5.59. The van der Waals surface area contributed by atoms with E-state index in [2.05, 4.69) is 15.3 Å². The van der Waals surface area contributed by atoms with E-state index in [-0.39, 0.29) is 17.0 Å². The number of hydrogen-bond acceptors (Lipinski definition) is 6. The van der Waals surface area contributed by atoms with Gasteiger partial charge in [0.05, 0.1) is 12.3 Å². The van der Waals surface area contributed by atoms with Crippen molar-refractivity contribution < 1.29 is 13.9 Å². The molecule has 8 heteroatoms. The number of thiazole rings is 1. The van der Waals surface area contributed by atoms with Crippen LogP contribution in [0, 0.1) is 0 Å². The Morgan fingerprint density at radius 3 is 2.79 bits per heavy atom. The highest BCUT2D eigenvalue weighted by Gasteiger charge is 2.14. The summed E-state index contributed by atoms with van der Waals surface area (Å²) < 4.78 is 11.4. The Labute approximate surface area is 175 Å². The van der Waals surface area contributed by atoms with Crippen LogP contribution in [0.2, 0.25) is 5.02 Å². The number of anilines is 1. The maximum absolute atomic E-state index is 12.9. The first-order valence-corrected chi connectivity index (χ1v) is 10.1. The van der Waals surface area contributed by atoms with Crippen LogP contribution in [0.15, 0.2) is 69.5 Å². The number of ether oxygens (including phenoxy) is 1. The fourth-order valence-electron chi connectivity index (χ4n) is 2.70. The SMILES string of the molecule is CCOc1ccc(N=c2oc3ccc(Cl)cc3cc2C(=O)Nc2nccs2)cc1. The second-order valence-electron chi connectivity index (χ2n) is 5.98. The third kappa shape index (κ3) is 4.47. The van der Waals surface area contributed by atoms with Crippen molar-refractivity contribution in [2.45, 2.75) is 6.92 Å². The zero-order valence-corrected chi connectivity index (χ0v) is 17.0. The second kappa shape index (κ2) is 8.46. The maximum atomic E-state index is 12.9. The molecule has 0 aliphatic heterocycles. The zero-order chi connectivity index (χ0) is 20.2. The molecule has 146 valence electrons. The predicted octanol–water partition coefficient (Wildman–Crippen LogP) is 5.43. The second-order valence-corrected chi connectivity index (χ2v) is 7.31. The van der Waals surface area contributed by atoms with Gasteiger partial charge in [-0.1, -0.05) is 11.6 Å². The molecule has 4 aromatic rings. The summed E-state index contributed by atoms with van der Waals surface area (Å²) in [6.45, 7) is 2.51. The van der Waals surface area contributed by atoms with Gasteiger partial charge in [0, 0.05) is 22.0 Å². The molecular weight excluding hydrogens is 410 g/mol. The number of hydrogen-bond donors (Lipinski definition) is 1. The van der Waals surface area contributed by atoms with Crippen LogP contribution in [-0.4, -0.2) is 17.5 Å². The summed E-state index contributed by atoms with van der Waals surface area (Å²) in [5.41, 5.74) is 1.68. The molecular formula is C21H16ClN3O3S. The molecule has 0 unspecified atom stereocenters. The summed E-state index contributed by atoms with van der Waals surface area (Å²) in [7, 11) is 0. The average Bonchev–Trinajstić information content (AvgIpc) is 3.22. The van der Waals surface area contributed by atoms with Gasteiger partial charge in [-0.05, 0) is 55.5 Å². The minimum absolute atomic E-state index is 0.193. The molecule has 2 aromatic heterocycles. The average molecular weight is 426 g/mol. The lowest BCUT2D eigenvalue weighted by atomic mass is 10.1. The zero-order valence-electron chi connectivity index (χ0n) is 15.4. The standard InChI is InChI=1S/C21H16ClN3O3S/c1-2-27-16-6-4-15(5-7-16)24-20-17(19(26)25-21-23-9-10-29-21)12-13-11-14(22)3-8-18(13)28-20/h3-12H,2H2,1H3,(H,23,25,26). The van der Waals surface area contributed by atoms with E-state index in [4.69, 9.17) is 20.8 Å². The lowest BCUT2D eigenvalue weighted by molar-refractivity contribution is 0.102. The molecule has 2 aromatic carbocycles. The molecule has 1 N–H and O–H groups in total. The van der Waals surface area contributed by atoms with Gasteiger partial charge < -0.3 is 9.15 Å². The highest BCUT2D eigenvalue weighted by atomic mass is 35.5. The van der Waals surface area contributed by atoms with Crippen LogP contribution in [0.4, 0.5) is 10.8 Å². The molecule has 29 heavy (non-hydrogen) atoms. The fourth-order valence-corrected chi connectivity index (χ4v) is 3.40. The van der Waals surface area contributed by atoms with Gasteiger partial charge in [-0.2, -0.15) is 0 Å². The van der Waals surface area contributed by atoms with Crippen LogP contribution in [0.5, 0.6) is 5.75 Å². The summed E-state index contributed by atoms with van der Waals surface area (Å²) in [6.07, 6.45) is 1.62. The molecule has 0 bridgehead atoms. The molecule has 1 amide bonds. The minimum Gasteiger partial charge on any atom is -0.494 e. The first-order chi connectivity index (χ1) is 14.1. The molecule has 0 radical (unpaired) electrons. The number of amides is 1. The number of fused-ring (bicyclic) bond motifs is 1. The van der Waals surface area contributed by atoms with Gasteiger partial charge in [-0.3, -0.25) is 10.1 Å². The minimum atomic E-state index is -0.365. The van der Waals surface area contributed by atoms with Crippen molar-refractivity contribution in [3.63, 3.8) is 0 Å². The van der Waals surface area contributed by atoms with Crippen LogP contribution in [0.25, 0.3) is 11.0 Å². The number of carbonyl (C=O) groups excluding carboxylic acids is 1. The van der Waals surface area contributed by atoms with Crippen molar-refractivity contribution in [2.24, 2.45) is 4.99 Å². The Morgan fingerprint density at radius 2 is 2.07 bits per heavy atom. The van der Waals surface area contributed by atoms with E-state index in [9.17, 15) is 4.79 Å². The third-order valence-corrected chi connectivity index (χ3v) is 4.91. The molecule has 0 fully saturated rings. The first-order valence-electron chi connectivity index (χ1n) is 8.84. The van der Waals surface area contributed by atoms with Gasteiger partial charge in [0.25, 0.3) is 5.91 Å².